The zero-order chi connectivity index (χ0) is 15.2. The number of hydrogen-bond donors (Lipinski definition) is 1. The number of rotatable bonds is 5. The monoisotopic (exact) mass is 350 g/mol. The Morgan fingerprint density at radius 3 is 2.76 bits per heavy atom. The molecule has 0 spiro atoms. The van der Waals surface area contributed by atoms with E-state index in [0.29, 0.717) is 28.2 Å². The number of aromatic nitrogens is 1. The highest BCUT2D eigenvalue weighted by Crippen LogP contribution is 2.24. The summed E-state index contributed by atoms with van der Waals surface area (Å²) < 4.78 is 11.1. The minimum absolute atomic E-state index is 0.250. The third-order valence-electron chi connectivity index (χ3n) is 2.91. The van der Waals surface area contributed by atoms with Crippen molar-refractivity contribution in [2.24, 2.45) is 0 Å². The molecule has 2 aromatic rings. The van der Waals surface area contributed by atoms with Gasteiger partial charge in [0.25, 0.3) is 5.91 Å². The van der Waals surface area contributed by atoms with Gasteiger partial charge >= 0.3 is 0 Å². The lowest BCUT2D eigenvalue weighted by molar-refractivity contribution is 0.0945. The number of methoxy groups -OCH3 is 2. The van der Waals surface area contributed by atoms with Gasteiger partial charge in [-0.25, -0.2) is 4.98 Å². The highest BCUT2D eigenvalue weighted by Gasteiger charge is 2.12. The molecule has 5 nitrogen and oxygen atoms in total. The molecule has 0 bridgehead atoms. The van der Waals surface area contributed by atoms with E-state index >= 15 is 0 Å². The van der Waals surface area contributed by atoms with Crippen LogP contribution in [0.2, 0.25) is 0 Å². The minimum atomic E-state index is -0.250. The number of benzene rings is 1. The number of carbonyl (C=O) groups is 1. The molecule has 6 heteroatoms. The first-order chi connectivity index (χ1) is 10.2. The molecule has 21 heavy (non-hydrogen) atoms. The second-order valence-corrected chi connectivity index (χ2v) is 5.05. The van der Waals surface area contributed by atoms with Crippen LogP contribution in [0.15, 0.2) is 41.0 Å². The summed E-state index contributed by atoms with van der Waals surface area (Å²) in [6, 6.07) is 8.98. The van der Waals surface area contributed by atoms with E-state index in [4.69, 9.17) is 9.47 Å². The van der Waals surface area contributed by atoms with Gasteiger partial charge in [0, 0.05) is 28.8 Å². The number of nitrogens with one attached hydrogen (secondary N) is 1. The Kier molecular flexibility index (Phi) is 5.16. The maximum atomic E-state index is 12.1. The van der Waals surface area contributed by atoms with E-state index in [1.807, 2.05) is 12.1 Å². The zero-order valence-electron chi connectivity index (χ0n) is 11.7. The summed E-state index contributed by atoms with van der Waals surface area (Å²) in [6.07, 6.45) is 1.58. The largest absolute Gasteiger partial charge is 0.497 e. The Morgan fingerprint density at radius 1 is 1.29 bits per heavy atom. The van der Waals surface area contributed by atoms with E-state index in [1.54, 1.807) is 38.6 Å². The number of amides is 1. The molecule has 0 aliphatic carbocycles. The van der Waals surface area contributed by atoms with Crippen molar-refractivity contribution in [3.05, 3.63) is 52.3 Å². The van der Waals surface area contributed by atoms with Crippen molar-refractivity contribution in [2.45, 2.75) is 6.54 Å². The van der Waals surface area contributed by atoms with E-state index < -0.39 is 0 Å². The van der Waals surface area contributed by atoms with E-state index in [9.17, 15) is 4.79 Å². The Hall–Kier alpha value is -2.08. The fourth-order valence-corrected chi connectivity index (χ4v) is 2.24. The second-order valence-electron chi connectivity index (χ2n) is 4.19. The molecule has 0 aliphatic rings. The number of hydrogen-bond acceptors (Lipinski definition) is 4. The summed E-state index contributed by atoms with van der Waals surface area (Å²) in [6.45, 7) is 0.342. The minimum Gasteiger partial charge on any atom is -0.497 e. The number of carbonyl (C=O) groups excluding carboxylic acids is 1. The summed E-state index contributed by atoms with van der Waals surface area (Å²) >= 11 is 3.31. The first-order valence-corrected chi connectivity index (χ1v) is 7.04. The van der Waals surface area contributed by atoms with Crippen LogP contribution >= 0.6 is 15.9 Å². The van der Waals surface area contributed by atoms with Gasteiger partial charge in [-0.15, -0.1) is 0 Å². The van der Waals surface area contributed by atoms with Gasteiger partial charge in [0.05, 0.1) is 14.2 Å². The Labute approximate surface area is 131 Å². The van der Waals surface area contributed by atoms with Gasteiger partial charge in [-0.1, -0.05) is 0 Å². The molecule has 0 atom stereocenters. The van der Waals surface area contributed by atoms with Gasteiger partial charge in [-0.3, -0.25) is 4.79 Å². The molecular weight excluding hydrogens is 336 g/mol. The fourth-order valence-electron chi connectivity index (χ4n) is 1.81. The van der Waals surface area contributed by atoms with Gasteiger partial charge in [0.1, 0.15) is 17.2 Å². The zero-order valence-corrected chi connectivity index (χ0v) is 13.3. The standard InChI is InChI=1S/C15H15BrN2O3/c1-20-11-6-5-10(13(8-11)21-2)9-18-15(19)14-12(16)4-3-7-17-14/h3-8H,9H2,1-2H3,(H,18,19). The SMILES string of the molecule is COc1ccc(CNC(=O)c2ncccc2Br)c(OC)c1. The highest BCUT2D eigenvalue weighted by molar-refractivity contribution is 9.10. The molecule has 0 aliphatic heterocycles. The lowest BCUT2D eigenvalue weighted by Gasteiger charge is -2.11. The third-order valence-corrected chi connectivity index (χ3v) is 3.55. The van der Waals surface area contributed by atoms with Crippen LogP contribution < -0.4 is 14.8 Å². The predicted molar refractivity (Wildman–Crippen MR) is 82.7 cm³/mol. The van der Waals surface area contributed by atoms with Crippen LogP contribution in [0, 0.1) is 0 Å². The summed E-state index contributed by atoms with van der Waals surface area (Å²) in [4.78, 5) is 16.1. The summed E-state index contributed by atoms with van der Waals surface area (Å²) in [5, 5.41) is 2.82. The molecule has 2 rings (SSSR count). The summed E-state index contributed by atoms with van der Waals surface area (Å²) in [5.74, 6) is 1.12. The van der Waals surface area contributed by atoms with Crippen molar-refractivity contribution in [2.75, 3.05) is 14.2 Å². The number of ether oxygens (including phenoxy) is 2. The maximum Gasteiger partial charge on any atom is 0.271 e. The van der Waals surface area contributed by atoms with Gasteiger partial charge < -0.3 is 14.8 Å². The number of nitrogens with zero attached hydrogens (tertiary/aromatic N) is 1. The van der Waals surface area contributed by atoms with Crippen molar-refractivity contribution < 1.29 is 14.3 Å². The van der Waals surface area contributed by atoms with Crippen molar-refractivity contribution in [1.82, 2.24) is 10.3 Å². The second kappa shape index (κ2) is 7.08. The van der Waals surface area contributed by atoms with Crippen LogP contribution in [0.4, 0.5) is 0 Å². The fraction of sp³-hybridized carbons (Fsp3) is 0.200. The molecule has 1 heterocycles. The molecular formula is C15H15BrN2O3. The summed E-state index contributed by atoms with van der Waals surface area (Å²) in [5.41, 5.74) is 1.21. The van der Waals surface area contributed by atoms with Crippen LogP contribution in [-0.2, 0) is 6.54 Å². The third kappa shape index (κ3) is 3.72. The molecule has 0 saturated carbocycles. The summed E-state index contributed by atoms with van der Waals surface area (Å²) in [7, 11) is 3.17. The normalized spacial score (nSPS) is 10.0. The number of pyridine rings is 1. The van der Waals surface area contributed by atoms with Gasteiger partial charge in [-0.05, 0) is 40.2 Å². The van der Waals surface area contributed by atoms with Crippen molar-refractivity contribution >= 4 is 21.8 Å². The van der Waals surface area contributed by atoms with E-state index in [-0.39, 0.29) is 5.91 Å². The van der Waals surface area contributed by atoms with Crippen LogP contribution in [0.5, 0.6) is 11.5 Å². The molecule has 0 saturated heterocycles. The topological polar surface area (TPSA) is 60.5 Å². The lowest BCUT2D eigenvalue weighted by Crippen LogP contribution is -2.24. The van der Waals surface area contributed by atoms with Crippen LogP contribution in [0.3, 0.4) is 0 Å². The van der Waals surface area contributed by atoms with E-state index in [2.05, 4.69) is 26.2 Å². The average molecular weight is 351 g/mol. The molecule has 1 amide bonds. The Morgan fingerprint density at radius 2 is 2.10 bits per heavy atom. The average Bonchev–Trinajstić information content (AvgIpc) is 2.52. The van der Waals surface area contributed by atoms with E-state index in [1.165, 1.54) is 0 Å². The molecule has 110 valence electrons. The van der Waals surface area contributed by atoms with Gasteiger partial charge in [-0.2, -0.15) is 0 Å². The number of halogens is 1. The van der Waals surface area contributed by atoms with E-state index in [0.717, 1.165) is 5.56 Å². The van der Waals surface area contributed by atoms with Gasteiger partial charge in [0.15, 0.2) is 0 Å². The van der Waals surface area contributed by atoms with Crippen LogP contribution in [0.25, 0.3) is 0 Å². The van der Waals surface area contributed by atoms with Gasteiger partial charge in [0.2, 0.25) is 0 Å². The smallest absolute Gasteiger partial charge is 0.271 e. The quantitative estimate of drug-likeness (QED) is 0.900. The first kappa shape index (κ1) is 15.3. The van der Waals surface area contributed by atoms with Crippen LogP contribution in [-0.4, -0.2) is 25.1 Å². The van der Waals surface area contributed by atoms with Crippen LogP contribution in [0.1, 0.15) is 16.1 Å². The molecule has 1 aromatic heterocycles. The van der Waals surface area contributed by atoms with Crippen molar-refractivity contribution in [3.8, 4) is 11.5 Å². The molecule has 0 radical (unpaired) electrons. The Bertz CT molecular complexity index is 647. The maximum absolute atomic E-state index is 12.1. The van der Waals surface area contributed by atoms with Crippen molar-refractivity contribution in [3.63, 3.8) is 0 Å². The molecule has 0 unspecified atom stereocenters. The lowest BCUT2D eigenvalue weighted by atomic mass is 10.2. The highest BCUT2D eigenvalue weighted by atomic mass is 79.9. The Balaban J connectivity index is 2.10. The molecule has 1 N–H and O–H groups in total. The predicted octanol–water partition coefficient (Wildman–Crippen LogP) is 2.79. The molecule has 0 fully saturated rings. The first-order valence-electron chi connectivity index (χ1n) is 6.25. The molecule has 1 aromatic carbocycles. The van der Waals surface area contributed by atoms with Crippen molar-refractivity contribution in [1.29, 1.82) is 0 Å².